The third kappa shape index (κ3) is 2.59. The number of nitrogens with one attached hydrogen (secondary N) is 1. The van der Waals surface area contributed by atoms with Crippen LogP contribution in [0.2, 0.25) is 0 Å². The van der Waals surface area contributed by atoms with E-state index in [1.807, 2.05) is 6.07 Å². The second-order valence-corrected chi connectivity index (χ2v) is 6.14. The van der Waals surface area contributed by atoms with Crippen LogP contribution in [-0.4, -0.2) is 29.6 Å². The molecule has 1 fully saturated rings. The van der Waals surface area contributed by atoms with Gasteiger partial charge in [-0.2, -0.15) is 0 Å². The normalized spacial score (nSPS) is 18.1. The Labute approximate surface area is 131 Å². The molecule has 0 spiro atoms. The first-order valence-electron chi connectivity index (χ1n) is 8.33. The van der Waals surface area contributed by atoms with Crippen molar-refractivity contribution in [1.29, 1.82) is 0 Å². The molecule has 4 rings (SSSR count). The molecular formula is C18H22N4. The van der Waals surface area contributed by atoms with Crippen molar-refractivity contribution in [2.75, 3.05) is 24.5 Å². The molecule has 0 radical (unpaired) electrons. The van der Waals surface area contributed by atoms with Gasteiger partial charge in [0, 0.05) is 43.7 Å². The second-order valence-electron chi connectivity index (χ2n) is 6.14. The van der Waals surface area contributed by atoms with Gasteiger partial charge in [0.1, 0.15) is 5.82 Å². The van der Waals surface area contributed by atoms with E-state index < -0.39 is 0 Å². The maximum atomic E-state index is 4.95. The van der Waals surface area contributed by atoms with Crippen LogP contribution in [0.3, 0.4) is 0 Å². The predicted molar refractivity (Wildman–Crippen MR) is 88.9 cm³/mol. The molecule has 2 aliphatic rings. The van der Waals surface area contributed by atoms with Crippen molar-refractivity contribution in [3.05, 3.63) is 41.6 Å². The van der Waals surface area contributed by atoms with Crippen molar-refractivity contribution in [3.8, 4) is 11.4 Å². The number of piperidine rings is 1. The SMILES string of the molecule is c1ccc(-c2nc3c(c(N4CCCCC4)n2)CNCC3)cc1. The third-order valence-corrected chi connectivity index (χ3v) is 4.60. The topological polar surface area (TPSA) is 41.1 Å². The molecule has 0 bridgehead atoms. The minimum Gasteiger partial charge on any atom is -0.356 e. The van der Waals surface area contributed by atoms with Gasteiger partial charge in [0.2, 0.25) is 0 Å². The summed E-state index contributed by atoms with van der Waals surface area (Å²) in [6, 6.07) is 10.4. The lowest BCUT2D eigenvalue weighted by Gasteiger charge is -2.31. The van der Waals surface area contributed by atoms with Crippen molar-refractivity contribution in [3.63, 3.8) is 0 Å². The van der Waals surface area contributed by atoms with E-state index in [2.05, 4.69) is 34.5 Å². The quantitative estimate of drug-likeness (QED) is 0.924. The molecule has 22 heavy (non-hydrogen) atoms. The first-order chi connectivity index (χ1) is 10.9. The summed E-state index contributed by atoms with van der Waals surface area (Å²) >= 11 is 0. The average molecular weight is 294 g/mol. The number of fused-ring (bicyclic) bond motifs is 1. The van der Waals surface area contributed by atoms with Gasteiger partial charge in [-0.05, 0) is 19.3 Å². The monoisotopic (exact) mass is 294 g/mol. The summed E-state index contributed by atoms with van der Waals surface area (Å²) in [6.45, 7) is 4.16. The van der Waals surface area contributed by atoms with E-state index in [4.69, 9.17) is 9.97 Å². The van der Waals surface area contributed by atoms with E-state index in [0.29, 0.717) is 0 Å². The second kappa shape index (κ2) is 6.05. The average Bonchev–Trinajstić information content (AvgIpc) is 2.62. The summed E-state index contributed by atoms with van der Waals surface area (Å²) in [5.74, 6) is 2.04. The molecule has 2 aliphatic heterocycles. The predicted octanol–water partition coefficient (Wildman–Crippen LogP) is 2.78. The van der Waals surface area contributed by atoms with Gasteiger partial charge in [-0.1, -0.05) is 30.3 Å². The summed E-state index contributed by atoms with van der Waals surface area (Å²) < 4.78 is 0. The molecule has 2 aromatic rings. The molecule has 0 aliphatic carbocycles. The molecule has 1 aromatic heterocycles. The lowest BCUT2D eigenvalue weighted by Crippen LogP contribution is -2.34. The Hall–Kier alpha value is -1.94. The molecule has 0 unspecified atom stereocenters. The van der Waals surface area contributed by atoms with Crippen LogP contribution in [0.15, 0.2) is 30.3 Å². The van der Waals surface area contributed by atoms with Crippen LogP contribution in [0, 0.1) is 0 Å². The molecule has 0 atom stereocenters. The van der Waals surface area contributed by atoms with Crippen LogP contribution in [-0.2, 0) is 13.0 Å². The van der Waals surface area contributed by atoms with Crippen LogP contribution in [0.1, 0.15) is 30.5 Å². The molecule has 3 heterocycles. The summed E-state index contributed by atoms with van der Waals surface area (Å²) in [7, 11) is 0. The molecular weight excluding hydrogens is 272 g/mol. The minimum atomic E-state index is 0.877. The zero-order valence-electron chi connectivity index (χ0n) is 12.9. The third-order valence-electron chi connectivity index (χ3n) is 4.60. The number of benzene rings is 1. The summed E-state index contributed by atoms with van der Waals surface area (Å²) in [6.07, 6.45) is 4.88. The van der Waals surface area contributed by atoms with Gasteiger partial charge >= 0.3 is 0 Å². The first-order valence-corrected chi connectivity index (χ1v) is 8.33. The molecule has 4 nitrogen and oxygen atoms in total. The minimum absolute atomic E-state index is 0.877. The van der Waals surface area contributed by atoms with Crippen LogP contribution < -0.4 is 10.2 Å². The lowest BCUT2D eigenvalue weighted by molar-refractivity contribution is 0.562. The smallest absolute Gasteiger partial charge is 0.161 e. The molecule has 0 saturated carbocycles. The number of nitrogens with zero attached hydrogens (tertiary/aromatic N) is 3. The lowest BCUT2D eigenvalue weighted by atomic mass is 10.0. The molecule has 4 heteroatoms. The maximum Gasteiger partial charge on any atom is 0.161 e. The van der Waals surface area contributed by atoms with E-state index in [1.165, 1.54) is 30.5 Å². The van der Waals surface area contributed by atoms with Crippen LogP contribution >= 0.6 is 0 Å². The number of anilines is 1. The Kier molecular flexibility index (Phi) is 3.77. The number of rotatable bonds is 2. The highest BCUT2D eigenvalue weighted by Gasteiger charge is 2.23. The van der Waals surface area contributed by atoms with E-state index >= 15 is 0 Å². The Balaban J connectivity index is 1.80. The molecule has 0 amide bonds. The van der Waals surface area contributed by atoms with Gasteiger partial charge in [-0.3, -0.25) is 0 Å². The first kappa shape index (κ1) is 13.7. The maximum absolute atomic E-state index is 4.95. The fraction of sp³-hybridized carbons (Fsp3) is 0.444. The standard InChI is InChI=1S/C18H22N4/c1-3-7-14(8-4-1)17-20-16-9-10-19-13-15(16)18(21-17)22-11-5-2-6-12-22/h1,3-4,7-8,19H,2,5-6,9-13H2. The largest absolute Gasteiger partial charge is 0.356 e. The fourth-order valence-corrected chi connectivity index (χ4v) is 3.41. The van der Waals surface area contributed by atoms with Gasteiger partial charge in [-0.25, -0.2) is 9.97 Å². The molecule has 1 N–H and O–H groups in total. The number of hydrogen-bond acceptors (Lipinski definition) is 4. The van der Waals surface area contributed by atoms with Crippen LogP contribution in [0.4, 0.5) is 5.82 Å². The zero-order chi connectivity index (χ0) is 14.8. The summed E-state index contributed by atoms with van der Waals surface area (Å²) in [5, 5.41) is 3.47. The molecule has 1 aromatic carbocycles. The van der Waals surface area contributed by atoms with E-state index in [1.54, 1.807) is 0 Å². The van der Waals surface area contributed by atoms with E-state index in [-0.39, 0.29) is 0 Å². The van der Waals surface area contributed by atoms with Crippen molar-refractivity contribution < 1.29 is 0 Å². The van der Waals surface area contributed by atoms with Crippen molar-refractivity contribution in [2.45, 2.75) is 32.2 Å². The van der Waals surface area contributed by atoms with Crippen LogP contribution in [0.25, 0.3) is 11.4 Å². The highest BCUT2D eigenvalue weighted by molar-refractivity contribution is 5.61. The van der Waals surface area contributed by atoms with Gasteiger partial charge in [0.25, 0.3) is 0 Å². The van der Waals surface area contributed by atoms with E-state index in [0.717, 1.165) is 49.8 Å². The van der Waals surface area contributed by atoms with Gasteiger partial charge in [0.05, 0.1) is 5.69 Å². The number of aromatic nitrogens is 2. The van der Waals surface area contributed by atoms with Crippen LogP contribution in [0.5, 0.6) is 0 Å². The number of hydrogen-bond donors (Lipinski definition) is 1. The van der Waals surface area contributed by atoms with Crippen molar-refractivity contribution in [2.24, 2.45) is 0 Å². The zero-order valence-corrected chi connectivity index (χ0v) is 12.9. The van der Waals surface area contributed by atoms with Gasteiger partial charge in [-0.15, -0.1) is 0 Å². The summed E-state index contributed by atoms with van der Waals surface area (Å²) in [5.41, 5.74) is 3.66. The highest BCUT2D eigenvalue weighted by Crippen LogP contribution is 2.29. The highest BCUT2D eigenvalue weighted by atomic mass is 15.2. The van der Waals surface area contributed by atoms with Crippen molar-refractivity contribution in [1.82, 2.24) is 15.3 Å². The van der Waals surface area contributed by atoms with Gasteiger partial charge < -0.3 is 10.2 Å². The Morgan fingerprint density at radius 2 is 1.77 bits per heavy atom. The molecule has 1 saturated heterocycles. The Morgan fingerprint density at radius 1 is 0.955 bits per heavy atom. The fourth-order valence-electron chi connectivity index (χ4n) is 3.41. The van der Waals surface area contributed by atoms with Gasteiger partial charge in [0.15, 0.2) is 5.82 Å². The molecule has 114 valence electrons. The van der Waals surface area contributed by atoms with E-state index in [9.17, 15) is 0 Å². The Bertz CT molecular complexity index is 648. The Morgan fingerprint density at radius 3 is 2.59 bits per heavy atom. The van der Waals surface area contributed by atoms with Crippen molar-refractivity contribution >= 4 is 5.82 Å². The summed E-state index contributed by atoms with van der Waals surface area (Å²) in [4.78, 5) is 12.3.